The van der Waals surface area contributed by atoms with Crippen LogP contribution >= 0.6 is 11.8 Å². The Balaban J connectivity index is 2.10. The highest BCUT2D eigenvalue weighted by Gasteiger charge is 2.26. The van der Waals surface area contributed by atoms with Gasteiger partial charge in [-0.25, -0.2) is 0 Å². The second-order valence-corrected chi connectivity index (χ2v) is 7.08. The Hall–Kier alpha value is 0.270. The fraction of sp³-hybridized carbons (Fsp3) is 1.00. The van der Waals surface area contributed by atoms with Gasteiger partial charge in [0, 0.05) is 30.1 Å². The Morgan fingerprint density at radius 3 is 2.47 bits per heavy atom. The SMILES string of the molecule is CCCCCCCCCC(NC)C1CSCCN1C. The summed E-state index contributed by atoms with van der Waals surface area (Å²) in [6.07, 6.45) is 11.3. The van der Waals surface area contributed by atoms with Gasteiger partial charge in [0.2, 0.25) is 0 Å². The molecule has 0 amide bonds. The summed E-state index contributed by atoms with van der Waals surface area (Å²) >= 11 is 2.12. The van der Waals surface area contributed by atoms with Crippen LogP contribution in [-0.4, -0.2) is 49.1 Å². The van der Waals surface area contributed by atoms with Gasteiger partial charge in [-0.05, 0) is 20.5 Å². The minimum atomic E-state index is 0.688. The van der Waals surface area contributed by atoms with E-state index in [9.17, 15) is 0 Å². The third-order valence-corrected chi connectivity index (χ3v) is 5.45. The molecule has 0 aromatic carbocycles. The predicted octanol–water partition coefficient (Wildman–Crippen LogP) is 3.76. The summed E-state index contributed by atoms with van der Waals surface area (Å²) in [5.41, 5.74) is 0. The van der Waals surface area contributed by atoms with Crippen LogP contribution in [0.1, 0.15) is 58.3 Å². The number of thioether (sulfide) groups is 1. The van der Waals surface area contributed by atoms with Gasteiger partial charge in [0.15, 0.2) is 0 Å². The summed E-state index contributed by atoms with van der Waals surface area (Å²) in [6, 6.07) is 1.43. The molecule has 114 valence electrons. The minimum absolute atomic E-state index is 0.688. The Labute approximate surface area is 125 Å². The zero-order valence-corrected chi connectivity index (χ0v) is 14.1. The predicted molar refractivity (Wildman–Crippen MR) is 89.2 cm³/mol. The monoisotopic (exact) mass is 286 g/mol. The fourth-order valence-corrected chi connectivity index (χ4v) is 4.29. The van der Waals surface area contributed by atoms with Crippen LogP contribution in [0.5, 0.6) is 0 Å². The lowest BCUT2D eigenvalue weighted by atomic mass is 10.00. The highest BCUT2D eigenvalue weighted by Crippen LogP contribution is 2.20. The molecule has 1 fully saturated rings. The molecule has 19 heavy (non-hydrogen) atoms. The quantitative estimate of drug-likeness (QED) is 0.616. The summed E-state index contributed by atoms with van der Waals surface area (Å²) in [5, 5.41) is 3.56. The molecule has 1 aliphatic heterocycles. The van der Waals surface area contributed by atoms with E-state index in [1.54, 1.807) is 0 Å². The summed E-state index contributed by atoms with van der Waals surface area (Å²) in [5.74, 6) is 2.61. The van der Waals surface area contributed by atoms with Gasteiger partial charge in [-0.15, -0.1) is 0 Å². The van der Waals surface area contributed by atoms with Crippen molar-refractivity contribution in [3.8, 4) is 0 Å². The van der Waals surface area contributed by atoms with Gasteiger partial charge in [0.25, 0.3) is 0 Å². The first kappa shape index (κ1) is 17.3. The third kappa shape index (κ3) is 7.01. The summed E-state index contributed by atoms with van der Waals surface area (Å²) in [6.45, 7) is 3.54. The smallest absolute Gasteiger partial charge is 0.0337 e. The molecule has 0 aliphatic carbocycles. The van der Waals surface area contributed by atoms with Crippen molar-refractivity contribution in [1.82, 2.24) is 10.2 Å². The standard InChI is InChI=1S/C16H34N2S/c1-4-5-6-7-8-9-10-11-15(17-2)16-14-19-13-12-18(16)3/h15-17H,4-14H2,1-3H3. The van der Waals surface area contributed by atoms with Crippen molar-refractivity contribution in [3.63, 3.8) is 0 Å². The molecule has 3 heteroatoms. The number of rotatable bonds is 10. The first-order valence-corrected chi connectivity index (χ1v) is 9.40. The van der Waals surface area contributed by atoms with E-state index in [4.69, 9.17) is 0 Å². The van der Waals surface area contributed by atoms with Crippen molar-refractivity contribution in [2.24, 2.45) is 0 Å². The molecule has 1 saturated heterocycles. The molecule has 1 rings (SSSR count). The molecule has 1 aliphatic rings. The van der Waals surface area contributed by atoms with Gasteiger partial charge in [-0.2, -0.15) is 11.8 Å². The maximum Gasteiger partial charge on any atom is 0.0337 e. The van der Waals surface area contributed by atoms with Crippen molar-refractivity contribution in [3.05, 3.63) is 0 Å². The maximum absolute atomic E-state index is 3.56. The maximum atomic E-state index is 3.56. The molecule has 0 spiro atoms. The largest absolute Gasteiger partial charge is 0.315 e. The van der Waals surface area contributed by atoms with Crippen LogP contribution in [0.3, 0.4) is 0 Å². The normalized spacial score (nSPS) is 22.6. The molecule has 2 nitrogen and oxygen atoms in total. The first-order chi connectivity index (χ1) is 9.29. The Kier molecular flexibility index (Phi) is 10.0. The zero-order chi connectivity index (χ0) is 13.9. The van der Waals surface area contributed by atoms with Crippen LogP contribution in [-0.2, 0) is 0 Å². The number of nitrogens with zero attached hydrogens (tertiary/aromatic N) is 1. The van der Waals surface area contributed by atoms with Crippen molar-refractivity contribution in [2.45, 2.75) is 70.4 Å². The van der Waals surface area contributed by atoms with E-state index < -0.39 is 0 Å². The molecule has 1 heterocycles. The second-order valence-electron chi connectivity index (χ2n) is 5.93. The van der Waals surface area contributed by atoms with E-state index >= 15 is 0 Å². The highest BCUT2D eigenvalue weighted by molar-refractivity contribution is 7.99. The Morgan fingerprint density at radius 1 is 1.16 bits per heavy atom. The second kappa shape index (κ2) is 11.0. The highest BCUT2D eigenvalue weighted by atomic mass is 32.2. The lowest BCUT2D eigenvalue weighted by Gasteiger charge is -2.37. The van der Waals surface area contributed by atoms with Gasteiger partial charge in [-0.3, -0.25) is 0 Å². The lowest BCUT2D eigenvalue weighted by Crippen LogP contribution is -2.51. The van der Waals surface area contributed by atoms with Gasteiger partial charge in [0.05, 0.1) is 0 Å². The van der Waals surface area contributed by atoms with E-state index in [-0.39, 0.29) is 0 Å². The molecule has 0 bridgehead atoms. The van der Waals surface area contributed by atoms with Crippen molar-refractivity contribution < 1.29 is 0 Å². The zero-order valence-electron chi connectivity index (χ0n) is 13.3. The van der Waals surface area contributed by atoms with E-state index in [0.29, 0.717) is 6.04 Å². The Bertz CT molecular complexity index is 211. The minimum Gasteiger partial charge on any atom is -0.315 e. The van der Waals surface area contributed by atoms with E-state index in [2.05, 4.69) is 43.0 Å². The topological polar surface area (TPSA) is 15.3 Å². The average molecular weight is 287 g/mol. The van der Waals surface area contributed by atoms with E-state index in [1.165, 1.54) is 69.4 Å². The van der Waals surface area contributed by atoms with Gasteiger partial charge in [0.1, 0.15) is 0 Å². The molecule has 0 saturated carbocycles. The fourth-order valence-electron chi connectivity index (χ4n) is 2.98. The summed E-state index contributed by atoms with van der Waals surface area (Å²) in [7, 11) is 4.43. The molecule has 0 radical (unpaired) electrons. The van der Waals surface area contributed by atoms with Crippen LogP contribution in [0.25, 0.3) is 0 Å². The number of unbranched alkanes of at least 4 members (excludes halogenated alkanes) is 6. The van der Waals surface area contributed by atoms with Crippen molar-refractivity contribution in [1.29, 1.82) is 0 Å². The number of hydrogen-bond acceptors (Lipinski definition) is 3. The number of nitrogens with one attached hydrogen (secondary N) is 1. The van der Waals surface area contributed by atoms with Crippen molar-refractivity contribution >= 4 is 11.8 Å². The molecule has 0 aromatic heterocycles. The third-order valence-electron chi connectivity index (χ3n) is 4.40. The molecule has 1 N–H and O–H groups in total. The lowest BCUT2D eigenvalue weighted by molar-refractivity contribution is 0.211. The van der Waals surface area contributed by atoms with Crippen LogP contribution in [0.15, 0.2) is 0 Å². The molecular formula is C16H34N2S. The van der Waals surface area contributed by atoms with Crippen molar-refractivity contribution in [2.75, 3.05) is 32.1 Å². The summed E-state index contributed by atoms with van der Waals surface area (Å²) < 4.78 is 0. The van der Waals surface area contributed by atoms with E-state index in [0.717, 1.165) is 6.04 Å². The van der Waals surface area contributed by atoms with Crippen LogP contribution in [0.4, 0.5) is 0 Å². The average Bonchev–Trinajstić information content (AvgIpc) is 2.43. The first-order valence-electron chi connectivity index (χ1n) is 8.24. The van der Waals surface area contributed by atoms with Crippen LogP contribution < -0.4 is 5.32 Å². The van der Waals surface area contributed by atoms with E-state index in [1.807, 2.05) is 0 Å². The number of hydrogen-bond donors (Lipinski definition) is 1. The molecule has 2 unspecified atom stereocenters. The molecule has 0 aromatic rings. The molecule has 2 atom stereocenters. The van der Waals surface area contributed by atoms with Crippen LogP contribution in [0, 0.1) is 0 Å². The van der Waals surface area contributed by atoms with Gasteiger partial charge in [-0.1, -0.05) is 51.9 Å². The van der Waals surface area contributed by atoms with Gasteiger partial charge < -0.3 is 10.2 Å². The van der Waals surface area contributed by atoms with Crippen LogP contribution in [0.2, 0.25) is 0 Å². The number of likely N-dealkylation sites (N-methyl/N-ethyl adjacent to an activating group) is 2. The summed E-state index contributed by atoms with van der Waals surface area (Å²) in [4.78, 5) is 2.55. The Morgan fingerprint density at radius 2 is 1.84 bits per heavy atom. The van der Waals surface area contributed by atoms with Gasteiger partial charge >= 0.3 is 0 Å². The molecular weight excluding hydrogens is 252 g/mol.